The van der Waals surface area contributed by atoms with E-state index in [2.05, 4.69) is 20.4 Å². The molecule has 1 aliphatic heterocycles. The first kappa shape index (κ1) is 17.8. The van der Waals surface area contributed by atoms with Crippen molar-refractivity contribution in [2.24, 2.45) is 5.92 Å². The molecule has 4 heterocycles. The molecule has 0 saturated carbocycles. The second kappa shape index (κ2) is 7.99. The first-order valence-corrected chi connectivity index (χ1v) is 9.09. The number of carbonyl (C=O) groups is 2. The molecular formula is C20H20N6O2. The van der Waals surface area contributed by atoms with Gasteiger partial charge in [0.05, 0.1) is 18.2 Å². The summed E-state index contributed by atoms with van der Waals surface area (Å²) in [4.78, 5) is 35.0. The Bertz CT molecular complexity index is 941. The summed E-state index contributed by atoms with van der Waals surface area (Å²) >= 11 is 0. The Morgan fingerprint density at radius 2 is 2.07 bits per heavy atom. The fourth-order valence-electron chi connectivity index (χ4n) is 3.18. The molecule has 4 rings (SSSR count). The lowest BCUT2D eigenvalue weighted by molar-refractivity contribution is -0.129. The summed E-state index contributed by atoms with van der Waals surface area (Å²) in [5.41, 5.74) is 1.71. The van der Waals surface area contributed by atoms with Crippen LogP contribution in [-0.4, -0.2) is 43.0 Å². The van der Waals surface area contributed by atoms with Gasteiger partial charge in [0.2, 0.25) is 11.8 Å². The van der Waals surface area contributed by atoms with Gasteiger partial charge in [-0.3, -0.25) is 14.6 Å². The fourth-order valence-corrected chi connectivity index (χ4v) is 3.18. The van der Waals surface area contributed by atoms with Gasteiger partial charge in [-0.25, -0.2) is 9.67 Å². The Balaban J connectivity index is 1.30. The second-order valence-corrected chi connectivity index (χ2v) is 6.69. The molecule has 28 heavy (non-hydrogen) atoms. The average molecular weight is 376 g/mol. The van der Waals surface area contributed by atoms with E-state index in [9.17, 15) is 9.59 Å². The standard InChI is InChI=1S/C20H20N6O2/c27-19-10-16(13-25(19)14-17-4-1-2-7-21-17)20(28)23-12-15-5-6-18(22-11-15)26-9-3-8-24-26/h1-9,11,16H,10,12-14H2,(H,23,28). The van der Waals surface area contributed by atoms with E-state index in [4.69, 9.17) is 0 Å². The fraction of sp³-hybridized carbons (Fsp3) is 0.250. The van der Waals surface area contributed by atoms with Gasteiger partial charge < -0.3 is 10.2 Å². The third kappa shape index (κ3) is 4.06. The number of carbonyl (C=O) groups excluding carboxylic acids is 2. The van der Waals surface area contributed by atoms with Crippen LogP contribution in [0.15, 0.2) is 61.2 Å². The van der Waals surface area contributed by atoms with Crippen LogP contribution < -0.4 is 5.32 Å². The maximum atomic E-state index is 12.5. The van der Waals surface area contributed by atoms with Crippen LogP contribution in [0.4, 0.5) is 0 Å². The molecule has 2 amide bonds. The third-order valence-corrected chi connectivity index (χ3v) is 4.68. The summed E-state index contributed by atoms with van der Waals surface area (Å²) in [5.74, 6) is 0.239. The number of hydrogen-bond donors (Lipinski definition) is 1. The lowest BCUT2D eigenvalue weighted by atomic mass is 10.1. The molecule has 1 fully saturated rings. The van der Waals surface area contributed by atoms with Gasteiger partial charge in [0, 0.05) is 44.3 Å². The first-order chi connectivity index (χ1) is 13.7. The highest BCUT2D eigenvalue weighted by Gasteiger charge is 2.34. The van der Waals surface area contributed by atoms with Gasteiger partial charge in [-0.2, -0.15) is 5.10 Å². The molecule has 142 valence electrons. The molecule has 8 heteroatoms. The van der Waals surface area contributed by atoms with Gasteiger partial charge in [-0.1, -0.05) is 12.1 Å². The highest BCUT2D eigenvalue weighted by Crippen LogP contribution is 2.20. The molecule has 0 bridgehead atoms. The van der Waals surface area contributed by atoms with Gasteiger partial charge in [0.1, 0.15) is 0 Å². The molecule has 0 aromatic carbocycles. The summed E-state index contributed by atoms with van der Waals surface area (Å²) in [5, 5.41) is 7.03. The van der Waals surface area contributed by atoms with E-state index in [-0.39, 0.29) is 24.2 Å². The number of hydrogen-bond acceptors (Lipinski definition) is 5. The summed E-state index contributed by atoms with van der Waals surface area (Å²) < 4.78 is 1.67. The molecule has 0 aliphatic carbocycles. The topological polar surface area (TPSA) is 93.0 Å². The van der Waals surface area contributed by atoms with Crippen LogP contribution in [0.5, 0.6) is 0 Å². The Hall–Kier alpha value is -3.55. The highest BCUT2D eigenvalue weighted by molar-refractivity contribution is 5.89. The van der Waals surface area contributed by atoms with Crippen molar-refractivity contribution in [2.45, 2.75) is 19.5 Å². The third-order valence-electron chi connectivity index (χ3n) is 4.68. The molecule has 3 aromatic rings. The monoisotopic (exact) mass is 376 g/mol. The van der Waals surface area contributed by atoms with Crippen LogP contribution in [0.1, 0.15) is 17.7 Å². The lowest BCUT2D eigenvalue weighted by Crippen LogP contribution is -2.32. The minimum absolute atomic E-state index is 0.0176. The van der Waals surface area contributed by atoms with Crippen LogP contribution in [0, 0.1) is 5.92 Å². The zero-order valence-corrected chi connectivity index (χ0v) is 15.2. The van der Waals surface area contributed by atoms with Crippen LogP contribution in [-0.2, 0) is 22.7 Å². The molecule has 0 spiro atoms. The van der Waals surface area contributed by atoms with E-state index in [0.717, 1.165) is 11.3 Å². The van der Waals surface area contributed by atoms with Crippen molar-refractivity contribution in [3.8, 4) is 5.82 Å². The normalized spacial score (nSPS) is 16.4. The lowest BCUT2D eigenvalue weighted by Gasteiger charge is -2.16. The van der Waals surface area contributed by atoms with Gasteiger partial charge in [0.25, 0.3) is 0 Å². The maximum Gasteiger partial charge on any atom is 0.225 e. The highest BCUT2D eigenvalue weighted by atomic mass is 16.2. The number of pyridine rings is 2. The quantitative estimate of drug-likeness (QED) is 0.701. The zero-order chi connectivity index (χ0) is 19.3. The molecule has 8 nitrogen and oxygen atoms in total. The summed E-state index contributed by atoms with van der Waals surface area (Å²) in [6.45, 7) is 1.22. The summed E-state index contributed by atoms with van der Waals surface area (Å²) in [6.07, 6.45) is 7.15. The average Bonchev–Trinajstić information content (AvgIpc) is 3.38. The maximum absolute atomic E-state index is 12.5. The molecule has 3 aromatic heterocycles. The molecular weight excluding hydrogens is 356 g/mol. The van der Waals surface area contributed by atoms with E-state index < -0.39 is 0 Å². The van der Waals surface area contributed by atoms with Crippen LogP contribution in [0.2, 0.25) is 0 Å². The van der Waals surface area contributed by atoms with Crippen molar-refractivity contribution in [1.82, 2.24) is 30.0 Å². The van der Waals surface area contributed by atoms with E-state index in [1.807, 2.05) is 42.6 Å². The van der Waals surface area contributed by atoms with Crippen molar-refractivity contribution >= 4 is 11.8 Å². The summed E-state index contributed by atoms with van der Waals surface area (Å²) in [7, 11) is 0. The largest absolute Gasteiger partial charge is 0.352 e. The molecule has 1 aliphatic rings. The van der Waals surface area contributed by atoms with Gasteiger partial charge >= 0.3 is 0 Å². The minimum Gasteiger partial charge on any atom is -0.352 e. The van der Waals surface area contributed by atoms with Crippen LogP contribution >= 0.6 is 0 Å². The van der Waals surface area contributed by atoms with Crippen LogP contribution in [0.3, 0.4) is 0 Å². The minimum atomic E-state index is -0.340. The Morgan fingerprint density at radius 1 is 1.14 bits per heavy atom. The zero-order valence-electron chi connectivity index (χ0n) is 15.2. The van der Waals surface area contributed by atoms with Crippen molar-refractivity contribution in [1.29, 1.82) is 0 Å². The summed E-state index contributed by atoms with van der Waals surface area (Å²) in [6, 6.07) is 11.2. The Kier molecular flexibility index (Phi) is 5.09. The number of aromatic nitrogens is 4. The molecule has 0 radical (unpaired) electrons. The first-order valence-electron chi connectivity index (χ1n) is 9.09. The van der Waals surface area contributed by atoms with Crippen molar-refractivity contribution < 1.29 is 9.59 Å². The van der Waals surface area contributed by atoms with E-state index in [1.54, 1.807) is 28.2 Å². The predicted octanol–water partition coefficient (Wildman–Crippen LogP) is 1.33. The van der Waals surface area contributed by atoms with E-state index in [0.29, 0.717) is 25.5 Å². The second-order valence-electron chi connectivity index (χ2n) is 6.69. The molecule has 1 saturated heterocycles. The molecule has 1 atom stereocenters. The Morgan fingerprint density at radius 3 is 2.79 bits per heavy atom. The number of nitrogens with zero attached hydrogens (tertiary/aromatic N) is 5. The number of amides is 2. The SMILES string of the molecule is O=C(NCc1ccc(-n2cccn2)nc1)C1CC(=O)N(Cc2ccccn2)C1. The smallest absolute Gasteiger partial charge is 0.225 e. The van der Waals surface area contributed by atoms with E-state index in [1.165, 1.54) is 0 Å². The number of likely N-dealkylation sites (tertiary alicyclic amines) is 1. The van der Waals surface area contributed by atoms with Gasteiger partial charge in [-0.05, 0) is 29.8 Å². The van der Waals surface area contributed by atoms with Gasteiger partial charge in [-0.15, -0.1) is 0 Å². The van der Waals surface area contributed by atoms with Gasteiger partial charge in [0.15, 0.2) is 5.82 Å². The number of nitrogens with one attached hydrogen (secondary N) is 1. The van der Waals surface area contributed by atoms with Crippen molar-refractivity contribution in [3.05, 3.63) is 72.4 Å². The predicted molar refractivity (Wildman–Crippen MR) is 101 cm³/mol. The Labute approximate surface area is 162 Å². The molecule has 1 N–H and O–H groups in total. The van der Waals surface area contributed by atoms with Crippen molar-refractivity contribution in [3.63, 3.8) is 0 Å². The number of rotatable bonds is 6. The molecule has 1 unspecified atom stereocenters. The van der Waals surface area contributed by atoms with Crippen molar-refractivity contribution in [2.75, 3.05) is 6.54 Å². The van der Waals surface area contributed by atoms with Crippen LogP contribution in [0.25, 0.3) is 5.82 Å². The van der Waals surface area contributed by atoms with E-state index >= 15 is 0 Å².